The first-order valence-electron chi connectivity index (χ1n) is 6.32. The van der Waals surface area contributed by atoms with Crippen LogP contribution in [-0.2, 0) is 0 Å². The van der Waals surface area contributed by atoms with Crippen LogP contribution in [0.4, 0.5) is 5.69 Å². The fourth-order valence-electron chi connectivity index (χ4n) is 2.24. The van der Waals surface area contributed by atoms with Crippen LogP contribution >= 0.6 is 0 Å². The van der Waals surface area contributed by atoms with Gasteiger partial charge in [0.2, 0.25) is 0 Å². The number of hydrogen-bond donors (Lipinski definition) is 3. The third kappa shape index (κ3) is 2.74. The van der Waals surface area contributed by atoms with Gasteiger partial charge in [0.15, 0.2) is 0 Å². The highest BCUT2D eigenvalue weighted by Gasteiger charge is 2.22. The first kappa shape index (κ1) is 14.6. The summed E-state index contributed by atoms with van der Waals surface area (Å²) in [6.07, 6.45) is 0. The SMILES string of the molecule is COc1ccccc1NC(=O)c1c(C)[nH]c(C(=O)O)c1C. The molecule has 0 bridgehead atoms. The summed E-state index contributed by atoms with van der Waals surface area (Å²) in [5.41, 5.74) is 1.81. The summed E-state index contributed by atoms with van der Waals surface area (Å²) in [7, 11) is 1.51. The standard InChI is InChI=1S/C15H16N2O4/c1-8-12(9(2)16-13(8)15(19)20)14(18)17-10-6-4-5-7-11(10)21-3/h4-7,16H,1-3H3,(H,17,18)(H,19,20). The number of benzene rings is 1. The van der Waals surface area contributed by atoms with Crippen LogP contribution in [0.25, 0.3) is 0 Å². The second-order valence-corrected chi connectivity index (χ2v) is 4.58. The van der Waals surface area contributed by atoms with Crippen LogP contribution in [-0.4, -0.2) is 29.1 Å². The molecule has 0 spiro atoms. The van der Waals surface area contributed by atoms with Crippen molar-refractivity contribution in [2.45, 2.75) is 13.8 Å². The Morgan fingerprint density at radius 1 is 1.24 bits per heavy atom. The van der Waals surface area contributed by atoms with E-state index in [9.17, 15) is 9.59 Å². The van der Waals surface area contributed by atoms with Gasteiger partial charge in [-0.05, 0) is 31.5 Å². The van der Waals surface area contributed by atoms with Crippen LogP contribution in [0.1, 0.15) is 32.1 Å². The highest BCUT2D eigenvalue weighted by Crippen LogP contribution is 2.25. The summed E-state index contributed by atoms with van der Waals surface area (Å²) < 4.78 is 5.17. The predicted molar refractivity (Wildman–Crippen MR) is 78.2 cm³/mol. The first-order chi connectivity index (χ1) is 9.95. The molecule has 0 saturated heterocycles. The number of aromatic carboxylic acids is 1. The molecule has 110 valence electrons. The summed E-state index contributed by atoms with van der Waals surface area (Å²) in [5.74, 6) is -0.930. The molecule has 0 unspecified atom stereocenters. The lowest BCUT2D eigenvalue weighted by Gasteiger charge is -2.10. The molecule has 0 fully saturated rings. The van der Waals surface area contributed by atoms with Gasteiger partial charge in [-0.25, -0.2) is 4.79 Å². The largest absolute Gasteiger partial charge is 0.495 e. The minimum Gasteiger partial charge on any atom is -0.495 e. The van der Waals surface area contributed by atoms with E-state index in [1.165, 1.54) is 7.11 Å². The molecule has 0 aliphatic heterocycles. The number of para-hydroxylation sites is 2. The van der Waals surface area contributed by atoms with E-state index in [1.807, 2.05) is 0 Å². The van der Waals surface area contributed by atoms with Gasteiger partial charge in [0.05, 0.1) is 18.4 Å². The van der Waals surface area contributed by atoms with E-state index < -0.39 is 5.97 Å². The third-order valence-corrected chi connectivity index (χ3v) is 3.23. The molecule has 6 nitrogen and oxygen atoms in total. The highest BCUT2D eigenvalue weighted by molar-refractivity contribution is 6.08. The van der Waals surface area contributed by atoms with Gasteiger partial charge in [-0.2, -0.15) is 0 Å². The van der Waals surface area contributed by atoms with Gasteiger partial charge in [0, 0.05) is 5.69 Å². The van der Waals surface area contributed by atoms with Crippen molar-refractivity contribution in [1.29, 1.82) is 0 Å². The zero-order chi connectivity index (χ0) is 15.6. The average molecular weight is 288 g/mol. The fraction of sp³-hybridized carbons (Fsp3) is 0.200. The number of H-pyrrole nitrogens is 1. The van der Waals surface area contributed by atoms with Crippen molar-refractivity contribution in [1.82, 2.24) is 4.98 Å². The Labute approximate surface area is 121 Å². The van der Waals surface area contributed by atoms with Crippen LogP contribution in [0.15, 0.2) is 24.3 Å². The molecule has 2 rings (SSSR count). The number of aromatic amines is 1. The Morgan fingerprint density at radius 3 is 2.48 bits per heavy atom. The minimum atomic E-state index is -1.09. The van der Waals surface area contributed by atoms with Crippen LogP contribution < -0.4 is 10.1 Å². The van der Waals surface area contributed by atoms with Gasteiger partial charge < -0.3 is 20.1 Å². The maximum Gasteiger partial charge on any atom is 0.352 e. The van der Waals surface area contributed by atoms with Crippen molar-refractivity contribution < 1.29 is 19.4 Å². The van der Waals surface area contributed by atoms with Gasteiger partial charge >= 0.3 is 5.97 Å². The smallest absolute Gasteiger partial charge is 0.352 e. The number of aryl methyl sites for hydroxylation is 1. The number of methoxy groups -OCH3 is 1. The Bertz CT molecular complexity index is 704. The molecule has 1 heterocycles. The van der Waals surface area contributed by atoms with E-state index >= 15 is 0 Å². The van der Waals surface area contributed by atoms with E-state index in [1.54, 1.807) is 38.1 Å². The number of nitrogens with one attached hydrogen (secondary N) is 2. The van der Waals surface area contributed by atoms with Crippen molar-refractivity contribution in [3.63, 3.8) is 0 Å². The molecule has 3 N–H and O–H groups in total. The maximum atomic E-state index is 12.4. The Hall–Kier alpha value is -2.76. The number of carboxylic acids is 1. The maximum absolute atomic E-state index is 12.4. The Balaban J connectivity index is 2.35. The van der Waals surface area contributed by atoms with Crippen molar-refractivity contribution in [3.05, 3.63) is 46.8 Å². The lowest BCUT2D eigenvalue weighted by atomic mass is 10.1. The summed E-state index contributed by atoms with van der Waals surface area (Å²) >= 11 is 0. The lowest BCUT2D eigenvalue weighted by molar-refractivity contribution is 0.0690. The highest BCUT2D eigenvalue weighted by atomic mass is 16.5. The quantitative estimate of drug-likeness (QED) is 0.806. The second kappa shape index (κ2) is 5.70. The number of rotatable bonds is 4. The molecule has 0 aliphatic rings. The topological polar surface area (TPSA) is 91.4 Å². The number of carbonyl (C=O) groups is 2. The minimum absolute atomic E-state index is 0.0256. The van der Waals surface area contributed by atoms with E-state index in [-0.39, 0.29) is 11.6 Å². The Morgan fingerprint density at radius 2 is 1.90 bits per heavy atom. The first-order valence-corrected chi connectivity index (χ1v) is 6.32. The molecular formula is C15H16N2O4. The molecule has 0 aliphatic carbocycles. The zero-order valence-corrected chi connectivity index (χ0v) is 12.0. The summed E-state index contributed by atoms with van der Waals surface area (Å²) in [6, 6.07) is 7.02. The fourth-order valence-corrected chi connectivity index (χ4v) is 2.24. The summed E-state index contributed by atoms with van der Waals surface area (Å²) in [4.78, 5) is 26.2. The van der Waals surface area contributed by atoms with Crippen molar-refractivity contribution in [3.8, 4) is 5.75 Å². The predicted octanol–water partition coefficient (Wildman–Crippen LogP) is 2.59. The molecular weight excluding hydrogens is 272 g/mol. The summed E-state index contributed by atoms with van der Waals surface area (Å²) in [6.45, 7) is 3.26. The van der Waals surface area contributed by atoms with Crippen LogP contribution in [0.2, 0.25) is 0 Å². The molecule has 0 saturated carbocycles. The van der Waals surface area contributed by atoms with Crippen molar-refractivity contribution in [2.75, 3.05) is 12.4 Å². The number of amides is 1. The van der Waals surface area contributed by atoms with Gasteiger partial charge in [-0.3, -0.25) is 4.79 Å². The van der Waals surface area contributed by atoms with E-state index in [4.69, 9.17) is 9.84 Å². The number of anilines is 1. The van der Waals surface area contributed by atoms with Gasteiger partial charge in [0.25, 0.3) is 5.91 Å². The number of aromatic nitrogens is 1. The molecule has 6 heteroatoms. The number of carbonyl (C=O) groups excluding carboxylic acids is 1. The second-order valence-electron chi connectivity index (χ2n) is 4.58. The monoisotopic (exact) mass is 288 g/mol. The van der Waals surface area contributed by atoms with Crippen molar-refractivity contribution in [2.24, 2.45) is 0 Å². The average Bonchev–Trinajstić information content (AvgIpc) is 2.74. The molecule has 1 aromatic carbocycles. The summed E-state index contributed by atoms with van der Waals surface area (Å²) in [5, 5.41) is 11.8. The van der Waals surface area contributed by atoms with E-state index in [2.05, 4.69) is 10.3 Å². The molecule has 21 heavy (non-hydrogen) atoms. The van der Waals surface area contributed by atoms with Crippen molar-refractivity contribution >= 4 is 17.6 Å². The number of hydrogen-bond acceptors (Lipinski definition) is 3. The van der Waals surface area contributed by atoms with Crippen LogP contribution in [0.3, 0.4) is 0 Å². The Kier molecular flexibility index (Phi) is 3.98. The van der Waals surface area contributed by atoms with Crippen LogP contribution in [0, 0.1) is 13.8 Å². The molecule has 0 atom stereocenters. The van der Waals surface area contributed by atoms with Gasteiger partial charge in [-0.15, -0.1) is 0 Å². The molecule has 1 aromatic heterocycles. The number of carboxylic acid groups (broad SMARTS) is 1. The van der Waals surface area contributed by atoms with Gasteiger partial charge in [-0.1, -0.05) is 12.1 Å². The van der Waals surface area contributed by atoms with Crippen LogP contribution in [0.5, 0.6) is 5.75 Å². The molecule has 0 radical (unpaired) electrons. The number of ether oxygens (including phenoxy) is 1. The van der Waals surface area contributed by atoms with E-state index in [0.29, 0.717) is 28.3 Å². The molecule has 2 aromatic rings. The van der Waals surface area contributed by atoms with Gasteiger partial charge in [0.1, 0.15) is 11.4 Å². The lowest BCUT2D eigenvalue weighted by Crippen LogP contribution is -2.14. The third-order valence-electron chi connectivity index (χ3n) is 3.23. The molecule has 1 amide bonds. The van der Waals surface area contributed by atoms with E-state index in [0.717, 1.165) is 0 Å². The zero-order valence-electron chi connectivity index (χ0n) is 12.0. The normalized spacial score (nSPS) is 10.2.